The van der Waals surface area contributed by atoms with Crippen LogP contribution in [0.5, 0.6) is 5.75 Å². The van der Waals surface area contributed by atoms with Gasteiger partial charge in [0.05, 0.1) is 5.69 Å². The number of nitrogens with one attached hydrogen (secondary N) is 1. The number of amides is 1. The molecule has 7 nitrogen and oxygen atoms in total. The van der Waals surface area contributed by atoms with Gasteiger partial charge in [0.1, 0.15) is 12.3 Å². The van der Waals surface area contributed by atoms with Crippen molar-refractivity contribution in [3.63, 3.8) is 0 Å². The second-order valence-electron chi connectivity index (χ2n) is 6.57. The summed E-state index contributed by atoms with van der Waals surface area (Å²) >= 11 is 12.4. The van der Waals surface area contributed by atoms with Crippen LogP contribution in [-0.2, 0) is 17.9 Å². The summed E-state index contributed by atoms with van der Waals surface area (Å²) in [6.45, 7) is 1.97. The molecule has 2 aromatic carbocycles. The second kappa shape index (κ2) is 9.42. The van der Waals surface area contributed by atoms with Gasteiger partial charge < -0.3 is 14.5 Å². The first-order chi connectivity index (χ1) is 15.0. The summed E-state index contributed by atoms with van der Waals surface area (Å²) < 4.78 is 12.5. The fourth-order valence-electron chi connectivity index (χ4n) is 2.74. The predicted molar refractivity (Wildman–Crippen MR) is 122 cm³/mol. The number of halogens is 1. The molecular weight excluding hydrogens is 456 g/mol. The highest BCUT2D eigenvalue weighted by atomic mass is 35.5. The van der Waals surface area contributed by atoms with Crippen LogP contribution in [0.15, 0.2) is 58.3 Å². The Morgan fingerprint density at radius 2 is 2.03 bits per heavy atom. The van der Waals surface area contributed by atoms with Gasteiger partial charge in [-0.2, -0.15) is 0 Å². The predicted octanol–water partition coefficient (Wildman–Crippen LogP) is 5.51. The van der Waals surface area contributed by atoms with Crippen LogP contribution < -0.4 is 10.1 Å². The molecule has 158 valence electrons. The average Bonchev–Trinajstić information content (AvgIpc) is 3.34. The zero-order chi connectivity index (χ0) is 21.8. The number of para-hydroxylation sites is 1. The number of nitrogens with zero attached hydrogens (tertiary/aromatic N) is 3. The minimum Gasteiger partial charge on any atom is -0.484 e. The molecule has 0 aliphatic rings. The topological polar surface area (TPSA) is 82.2 Å². The summed E-state index contributed by atoms with van der Waals surface area (Å²) in [6.07, 6.45) is 0. The van der Waals surface area contributed by atoms with Gasteiger partial charge in [0.2, 0.25) is 5.91 Å². The van der Waals surface area contributed by atoms with E-state index in [1.165, 1.54) is 16.0 Å². The van der Waals surface area contributed by atoms with Crippen LogP contribution in [0, 0.1) is 11.8 Å². The number of thiazole rings is 1. The van der Waals surface area contributed by atoms with Crippen molar-refractivity contribution in [1.82, 2.24) is 14.8 Å². The summed E-state index contributed by atoms with van der Waals surface area (Å²) in [6, 6.07) is 15.0. The molecule has 31 heavy (non-hydrogen) atoms. The van der Waals surface area contributed by atoms with E-state index in [0.717, 1.165) is 22.6 Å². The summed E-state index contributed by atoms with van der Waals surface area (Å²) in [5.74, 6) is 0.712. The van der Waals surface area contributed by atoms with Crippen LogP contribution in [-0.4, -0.2) is 20.7 Å². The first-order valence-electron chi connectivity index (χ1n) is 9.24. The molecule has 1 N–H and O–H groups in total. The summed E-state index contributed by atoms with van der Waals surface area (Å²) in [4.78, 5) is 16.9. The van der Waals surface area contributed by atoms with Crippen molar-refractivity contribution in [2.45, 2.75) is 20.1 Å². The van der Waals surface area contributed by atoms with Gasteiger partial charge in [-0.1, -0.05) is 41.9 Å². The number of hydrogen-bond donors (Lipinski definition) is 1. The third-order valence-electron chi connectivity index (χ3n) is 4.28. The summed E-state index contributed by atoms with van der Waals surface area (Å²) in [5.41, 5.74) is 2.67. The van der Waals surface area contributed by atoms with Crippen molar-refractivity contribution >= 4 is 46.2 Å². The highest BCUT2D eigenvalue weighted by Gasteiger charge is 2.13. The van der Waals surface area contributed by atoms with Crippen LogP contribution in [0.3, 0.4) is 0 Å². The highest BCUT2D eigenvalue weighted by molar-refractivity contribution is 7.71. The standard InChI is InChI=1S/C21H17ClN4O3S2/c1-13-4-2-3-5-17(13)28-11-19-25-26(21(30)29-19)10-18(27)24-20-23-16(12-31-20)14-6-8-15(22)9-7-14/h2-9,12H,10-11H2,1H3,(H,23,24,27). The molecule has 0 spiro atoms. The van der Waals surface area contributed by atoms with E-state index in [9.17, 15) is 4.79 Å². The van der Waals surface area contributed by atoms with Crippen molar-refractivity contribution in [3.8, 4) is 17.0 Å². The maximum absolute atomic E-state index is 12.4. The number of rotatable bonds is 7. The Kier molecular flexibility index (Phi) is 6.45. The maximum atomic E-state index is 12.4. The zero-order valence-electron chi connectivity index (χ0n) is 16.4. The maximum Gasteiger partial charge on any atom is 0.287 e. The van der Waals surface area contributed by atoms with Crippen LogP contribution in [0.4, 0.5) is 5.13 Å². The normalized spacial score (nSPS) is 10.8. The second-order valence-corrected chi connectivity index (χ2v) is 8.21. The lowest BCUT2D eigenvalue weighted by Crippen LogP contribution is -2.19. The van der Waals surface area contributed by atoms with E-state index in [0.29, 0.717) is 16.0 Å². The SMILES string of the molecule is Cc1ccccc1OCc1nn(CC(=O)Nc2nc(-c3ccc(Cl)cc3)cs2)c(=S)o1. The molecule has 0 saturated carbocycles. The van der Waals surface area contributed by atoms with Gasteiger partial charge in [0.15, 0.2) is 11.7 Å². The molecule has 10 heteroatoms. The van der Waals surface area contributed by atoms with Crippen LogP contribution in [0.25, 0.3) is 11.3 Å². The van der Waals surface area contributed by atoms with E-state index in [4.69, 9.17) is 33.0 Å². The third-order valence-corrected chi connectivity index (χ3v) is 5.58. The van der Waals surface area contributed by atoms with Gasteiger partial charge in [-0.05, 0) is 42.9 Å². The van der Waals surface area contributed by atoms with Crippen molar-refractivity contribution < 1.29 is 13.9 Å². The smallest absolute Gasteiger partial charge is 0.287 e. The Balaban J connectivity index is 1.36. The number of aryl methyl sites for hydroxylation is 1. The van der Waals surface area contributed by atoms with Gasteiger partial charge in [-0.3, -0.25) is 4.79 Å². The van der Waals surface area contributed by atoms with Gasteiger partial charge in [-0.15, -0.1) is 16.4 Å². The third kappa shape index (κ3) is 5.38. The van der Waals surface area contributed by atoms with Crippen molar-refractivity contribution in [3.05, 3.63) is 75.2 Å². The van der Waals surface area contributed by atoms with Gasteiger partial charge in [0.25, 0.3) is 10.7 Å². The average molecular weight is 473 g/mol. The van der Waals surface area contributed by atoms with Crippen molar-refractivity contribution in [1.29, 1.82) is 0 Å². The number of carbonyl (C=O) groups is 1. The molecule has 0 radical (unpaired) electrons. The van der Waals surface area contributed by atoms with E-state index in [2.05, 4.69) is 15.4 Å². The van der Waals surface area contributed by atoms with Gasteiger partial charge in [-0.25, -0.2) is 9.67 Å². The van der Waals surface area contributed by atoms with Crippen LogP contribution >= 0.6 is 35.2 Å². The Hall–Kier alpha value is -3.01. The number of anilines is 1. The van der Waals surface area contributed by atoms with Gasteiger partial charge >= 0.3 is 0 Å². The molecule has 2 heterocycles. The molecule has 0 aliphatic heterocycles. The number of aromatic nitrogens is 3. The zero-order valence-corrected chi connectivity index (χ0v) is 18.8. The molecule has 0 fully saturated rings. The van der Waals surface area contributed by atoms with Crippen molar-refractivity contribution in [2.75, 3.05) is 5.32 Å². The Morgan fingerprint density at radius 3 is 2.81 bits per heavy atom. The van der Waals surface area contributed by atoms with Crippen LogP contribution in [0.2, 0.25) is 5.02 Å². The lowest BCUT2D eigenvalue weighted by Gasteiger charge is -2.05. The molecule has 0 unspecified atom stereocenters. The van der Waals surface area contributed by atoms with E-state index < -0.39 is 0 Å². The molecule has 1 amide bonds. The minimum atomic E-state index is -0.312. The van der Waals surface area contributed by atoms with Crippen molar-refractivity contribution in [2.24, 2.45) is 0 Å². The number of ether oxygens (including phenoxy) is 1. The Bertz CT molecular complexity index is 1260. The van der Waals surface area contributed by atoms with E-state index >= 15 is 0 Å². The highest BCUT2D eigenvalue weighted by Crippen LogP contribution is 2.26. The lowest BCUT2D eigenvalue weighted by atomic mass is 10.2. The molecule has 4 rings (SSSR count). The Labute approximate surface area is 192 Å². The molecule has 0 atom stereocenters. The fourth-order valence-corrected chi connectivity index (χ4v) is 3.81. The van der Waals surface area contributed by atoms with Crippen LogP contribution in [0.1, 0.15) is 11.5 Å². The minimum absolute atomic E-state index is 0.0947. The largest absolute Gasteiger partial charge is 0.484 e. The quantitative estimate of drug-likeness (QED) is 0.357. The fraction of sp³-hybridized carbons (Fsp3) is 0.143. The van der Waals surface area contributed by atoms with E-state index in [1.807, 2.05) is 48.7 Å². The summed E-state index contributed by atoms with van der Waals surface area (Å²) in [5, 5.41) is 9.98. The molecule has 0 saturated heterocycles. The summed E-state index contributed by atoms with van der Waals surface area (Å²) in [7, 11) is 0. The van der Waals surface area contributed by atoms with E-state index in [1.54, 1.807) is 12.1 Å². The van der Waals surface area contributed by atoms with Gasteiger partial charge in [0, 0.05) is 16.0 Å². The molecule has 0 aliphatic carbocycles. The molecule has 2 aromatic heterocycles. The number of hydrogen-bond acceptors (Lipinski definition) is 7. The lowest BCUT2D eigenvalue weighted by molar-refractivity contribution is -0.117. The number of carbonyl (C=O) groups excluding carboxylic acids is 1. The molecular formula is C21H17ClN4O3S2. The first kappa shape index (κ1) is 21.2. The monoisotopic (exact) mass is 472 g/mol. The Morgan fingerprint density at radius 1 is 1.26 bits per heavy atom. The number of benzene rings is 2. The first-order valence-corrected chi connectivity index (χ1v) is 10.9. The molecule has 4 aromatic rings. The molecule has 0 bridgehead atoms. The van der Waals surface area contributed by atoms with E-state index in [-0.39, 0.29) is 23.9 Å².